The summed E-state index contributed by atoms with van der Waals surface area (Å²) in [5, 5.41) is 3.36. The van der Waals surface area contributed by atoms with E-state index in [1.807, 2.05) is 12.1 Å². The Morgan fingerprint density at radius 1 is 0.893 bits per heavy atom. The Morgan fingerprint density at radius 3 is 2.14 bits per heavy atom. The van der Waals surface area contributed by atoms with Crippen molar-refractivity contribution in [1.82, 2.24) is 10.9 Å². The van der Waals surface area contributed by atoms with Crippen molar-refractivity contribution in [2.24, 2.45) is 0 Å². The van der Waals surface area contributed by atoms with E-state index in [0.29, 0.717) is 27.2 Å². The third-order valence-corrected chi connectivity index (χ3v) is 4.49. The molecule has 28 heavy (non-hydrogen) atoms. The lowest BCUT2D eigenvalue weighted by atomic mass is 10.0. The van der Waals surface area contributed by atoms with Crippen molar-refractivity contribution in [2.45, 2.75) is 32.6 Å². The molecule has 8 heteroatoms. The molecule has 0 bridgehead atoms. The van der Waals surface area contributed by atoms with E-state index >= 15 is 0 Å². The molecular weight excluding hydrogens is 401 g/mol. The number of amides is 3. The number of hydrogen-bond acceptors (Lipinski definition) is 3. The van der Waals surface area contributed by atoms with Gasteiger partial charge in [-0.1, -0.05) is 49.2 Å². The lowest BCUT2D eigenvalue weighted by molar-refractivity contribution is -0.124. The van der Waals surface area contributed by atoms with Crippen LogP contribution in [0, 0.1) is 0 Å². The molecular formula is C20H21Cl2N3O3. The summed E-state index contributed by atoms with van der Waals surface area (Å²) in [5.74, 6) is -0.925. The predicted octanol–water partition coefficient (Wildman–Crippen LogP) is 4.30. The second-order valence-corrected chi connectivity index (χ2v) is 7.29. The summed E-state index contributed by atoms with van der Waals surface area (Å²) < 4.78 is 0. The minimum absolute atomic E-state index is 0.0657. The van der Waals surface area contributed by atoms with Crippen LogP contribution in [0.1, 0.15) is 48.5 Å². The summed E-state index contributed by atoms with van der Waals surface area (Å²) >= 11 is 11.8. The molecule has 0 aromatic heterocycles. The van der Waals surface area contributed by atoms with Crippen molar-refractivity contribution in [3.8, 4) is 0 Å². The van der Waals surface area contributed by atoms with Gasteiger partial charge in [-0.25, -0.2) is 0 Å². The molecule has 3 N–H and O–H groups in total. The number of rotatable bonds is 6. The lowest BCUT2D eigenvalue weighted by Crippen LogP contribution is -2.41. The lowest BCUT2D eigenvalue weighted by Gasteiger charge is -2.10. The van der Waals surface area contributed by atoms with Gasteiger partial charge in [0.25, 0.3) is 5.91 Å². The molecule has 0 spiro atoms. The summed E-state index contributed by atoms with van der Waals surface area (Å²) in [4.78, 5) is 35.8. The number of nitrogens with one attached hydrogen (secondary N) is 3. The molecule has 0 unspecified atom stereocenters. The number of carbonyl (C=O) groups is 3. The van der Waals surface area contributed by atoms with Crippen LogP contribution in [0.5, 0.6) is 0 Å². The SMILES string of the molecule is CC(C)c1ccc(C(=O)NNC(=O)CCC(=O)Nc2ccc(Cl)cc2Cl)cc1. The second-order valence-electron chi connectivity index (χ2n) is 6.45. The van der Waals surface area contributed by atoms with Gasteiger partial charge in [-0.3, -0.25) is 25.2 Å². The molecule has 0 aliphatic carbocycles. The number of halogens is 2. The van der Waals surface area contributed by atoms with Crippen molar-refractivity contribution in [2.75, 3.05) is 5.32 Å². The van der Waals surface area contributed by atoms with Gasteiger partial charge in [0.2, 0.25) is 11.8 Å². The minimum atomic E-state index is -0.482. The molecule has 3 amide bonds. The van der Waals surface area contributed by atoms with Crippen LogP contribution in [-0.2, 0) is 9.59 Å². The Bertz CT molecular complexity index is 867. The molecule has 0 aliphatic rings. The van der Waals surface area contributed by atoms with Gasteiger partial charge >= 0.3 is 0 Å². The number of hydrogen-bond donors (Lipinski definition) is 3. The van der Waals surface area contributed by atoms with Crippen LogP contribution in [0.25, 0.3) is 0 Å². The Hall–Kier alpha value is -2.57. The first-order valence-corrected chi connectivity index (χ1v) is 9.46. The summed E-state index contributed by atoms with van der Waals surface area (Å²) in [6, 6.07) is 11.8. The molecule has 2 rings (SSSR count). The minimum Gasteiger partial charge on any atom is -0.325 e. The van der Waals surface area contributed by atoms with E-state index in [1.54, 1.807) is 24.3 Å². The largest absolute Gasteiger partial charge is 0.325 e. The fourth-order valence-electron chi connectivity index (χ4n) is 2.31. The molecule has 2 aromatic rings. The number of anilines is 1. The molecule has 0 radical (unpaired) electrons. The second kappa shape index (κ2) is 10.1. The van der Waals surface area contributed by atoms with Crippen molar-refractivity contribution in [1.29, 1.82) is 0 Å². The zero-order valence-corrected chi connectivity index (χ0v) is 17.0. The average molecular weight is 422 g/mol. The maximum Gasteiger partial charge on any atom is 0.269 e. The Kier molecular flexibility index (Phi) is 7.84. The highest BCUT2D eigenvalue weighted by Gasteiger charge is 2.11. The highest BCUT2D eigenvalue weighted by molar-refractivity contribution is 6.36. The maximum atomic E-state index is 12.0. The molecule has 0 heterocycles. The normalized spacial score (nSPS) is 10.5. The van der Waals surface area contributed by atoms with E-state index < -0.39 is 11.8 Å². The van der Waals surface area contributed by atoms with E-state index in [2.05, 4.69) is 30.0 Å². The maximum absolute atomic E-state index is 12.0. The van der Waals surface area contributed by atoms with E-state index in [-0.39, 0.29) is 18.7 Å². The summed E-state index contributed by atoms with van der Waals surface area (Å²) in [7, 11) is 0. The zero-order chi connectivity index (χ0) is 20.7. The van der Waals surface area contributed by atoms with Gasteiger partial charge in [-0.15, -0.1) is 0 Å². The van der Waals surface area contributed by atoms with Crippen molar-refractivity contribution in [3.05, 3.63) is 63.6 Å². The third-order valence-electron chi connectivity index (χ3n) is 3.94. The van der Waals surface area contributed by atoms with Gasteiger partial charge in [0.1, 0.15) is 0 Å². The van der Waals surface area contributed by atoms with Crippen LogP contribution in [0.2, 0.25) is 10.0 Å². The predicted molar refractivity (Wildman–Crippen MR) is 110 cm³/mol. The van der Waals surface area contributed by atoms with Gasteiger partial charge < -0.3 is 5.32 Å². The topological polar surface area (TPSA) is 87.3 Å². The van der Waals surface area contributed by atoms with Crippen molar-refractivity contribution < 1.29 is 14.4 Å². The summed E-state index contributed by atoms with van der Waals surface area (Å²) in [5.41, 5.74) is 6.58. The first kappa shape index (κ1) is 21.7. The molecule has 0 saturated heterocycles. The molecule has 0 aliphatic heterocycles. The van der Waals surface area contributed by atoms with Crippen LogP contribution >= 0.6 is 23.2 Å². The number of hydrazine groups is 1. The quantitative estimate of drug-likeness (QED) is 0.607. The van der Waals surface area contributed by atoms with Crippen molar-refractivity contribution >= 4 is 46.6 Å². The standard InChI is InChI=1S/C20H21Cl2N3O3/c1-12(2)13-3-5-14(6-4-13)20(28)25-24-19(27)10-9-18(26)23-17-8-7-15(21)11-16(17)22/h3-8,11-12H,9-10H2,1-2H3,(H,23,26)(H,24,27)(H,25,28). The van der Waals surface area contributed by atoms with Crippen LogP contribution in [-0.4, -0.2) is 17.7 Å². The average Bonchev–Trinajstić information content (AvgIpc) is 2.66. The van der Waals surface area contributed by atoms with Crippen LogP contribution in [0.3, 0.4) is 0 Å². The molecule has 6 nitrogen and oxygen atoms in total. The first-order valence-electron chi connectivity index (χ1n) is 8.70. The van der Waals surface area contributed by atoms with Crippen LogP contribution in [0.4, 0.5) is 5.69 Å². The summed E-state index contributed by atoms with van der Waals surface area (Å²) in [6.07, 6.45) is -0.159. The van der Waals surface area contributed by atoms with Gasteiger partial charge in [0, 0.05) is 23.4 Å². The highest BCUT2D eigenvalue weighted by Crippen LogP contribution is 2.25. The highest BCUT2D eigenvalue weighted by atomic mass is 35.5. The van der Waals surface area contributed by atoms with Gasteiger partial charge in [0.15, 0.2) is 0 Å². The Morgan fingerprint density at radius 2 is 1.54 bits per heavy atom. The van der Waals surface area contributed by atoms with Gasteiger partial charge in [0.05, 0.1) is 10.7 Å². The van der Waals surface area contributed by atoms with Gasteiger partial charge in [-0.05, 0) is 41.8 Å². The molecule has 0 atom stereocenters. The summed E-state index contributed by atoms with van der Waals surface area (Å²) in [6.45, 7) is 4.12. The molecule has 2 aromatic carbocycles. The third kappa shape index (κ3) is 6.55. The molecule has 148 valence electrons. The number of benzene rings is 2. The van der Waals surface area contributed by atoms with E-state index in [4.69, 9.17) is 23.2 Å². The van der Waals surface area contributed by atoms with Crippen LogP contribution < -0.4 is 16.2 Å². The fourth-order valence-corrected chi connectivity index (χ4v) is 2.77. The van der Waals surface area contributed by atoms with Crippen molar-refractivity contribution in [3.63, 3.8) is 0 Å². The zero-order valence-electron chi connectivity index (χ0n) is 15.5. The molecule has 0 fully saturated rings. The van der Waals surface area contributed by atoms with Gasteiger partial charge in [-0.2, -0.15) is 0 Å². The molecule has 0 saturated carbocycles. The van der Waals surface area contributed by atoms with E-state index in [1.165, 1.54) is 6.07 Å². The van der Waals surface area contributed by atoms with E-state index in [9.17, 15) is 14.4 Å². The fraction of sp³-hybridized carbons (Fsp3) is 0.250. The smallest absolute Gasteiger partial charge is 0.269 e. The monoisotopic (exact) mass is 421 g/mol. The Balaban J connectivity index is 1.75. The number of carbonyl (C=O) groups excluding carboxylic acids is 3. The first-order chi connectivity index (χ1) is 13.3. The van der Waals surface area contributed by atoms with E-state index in [0.717, 1.165) is 5.56 Å². The Labute approximate surface area is 173 Å². The van der Waals surface area contributed by atoms with Crippen LogP contribution in [0.15, 0.2) is 42.5 Å².